The normalized spacial score (nSPS) is 11.1. The number of hydrogen-bond acceptors (Lipinski definition) is 2. The second-order valence-electron chi connectivity index (χ2n) is 13.6. The Morgan fingerprint density at radius 3 is 0.936 bits per heavy atom. The highest BCUT2D eigenvalue weighted by Crippen LogP contribution is 2.22. The van der Waals surface area contributed by atoms with E-state index in [1.807, 2.05) is 24.3 Å². The van der Waals surface area contributed by atoms with Gasteiger partial charge in [-0.05, 0) is 54.7 Å². The van der Waals surface area contributed by atoms with Gasteiger partial charge in [0.2, 0.25) is 0 Å². The first kappa shape index (κ1) is 40.2. The zero-order valence-corrected chi connectivity index (χ0v) is 30.2. The van der Waals surface area contributed by atoms with E-state index in [9.17, 15) is 9.59 Å². The summed E-state index contributed by atoms with van der Waals surface area (Å²) in [6.45, 7) is 5.83. The largest absolute Gasteiger partial charge is 0.351 e. The van der Waals surface area contributed by atoms with Crippen LogP contribution in [-0.2, 0) is 6.42 Å². The topological polar surface area (TPSA) is 92.7 Å². The zero-order valence-electron chi connectivity index (χ0n) is 30.2. The summed E-state index contributed by atoms with van der Waals surface area (Å²) in [5.41, 5.74) is 15.5. The highest BCUT2D eigenvalue weighted by Gasteiger charge is 2.14. The van der Waals surface area contributed by atoms with Gasteiger partial charge in [-0.25, -0.2) is 9.59 Å². The summed E-state index contributed by atoms with van der Waals surface area (Å²) in [5, 5.41) is 0. The summed E-state index contributed by atoms with van der Waals surface area (Å²) in [5.74, 6) is 0. The molecule has 0 fully saturated rings. The number of urea groups is 2. The van der Waals surface area contributed by atoms with Crippen LogP contribution in [0.4, 0.5) is 21.0 Å². The van der Waals surface area contributed by atoms with Crippen molar-refractivity contribution in [3.8, 4) is 0 Å². The molecular formula is C41H68N4O2. The van der Waals surface area contributed by atoms with E-state index in [1.165, 1.54) is 116 Å². The molecule has 6 heteroatoms. The standard InChI is InChI=1S/C41H68N4O2/c1-3-5-7-9-11-13-15-17-19-21-23-33-44(40(42)46)38-29-25-36(26-30-38)35-37-27-31-39(32-28-37)45(41(43)47)34-24-22-20-18-16-14-12-10-8-6-4-2/h25-32H,3-24,33-35H2,1-2H3,(H2,42,46)(H2,43,47). The van der Waals surface area contributed by atoms with Gasteiger partial charge in [0.1, 0.15) is 0 Å². The second kappa shape index (κ2) is 26.0. The number of anilines is 2. The van der Waals surface area contributed by atoms with E-state index in [0.29, 0.717) is 13.1 Å². The minimum atomic E-state index is -0.396. The fraction of sp³-hybridized carbons (Fsp3) is 0.659. The first-order chi connectivity index (χ1) is 23.0. The minimum Gasteiger partial charge on any atom is -0.351 e. The highest BCUT2D eigenvalue weighted by molar-refractivity contribution is 5.91. The number of rotatable bonds is 28. The van der Waals surface area contributed by atoms with E-state index in [1.54, 1.807) is 9.80 Å². The number of amides is 4. The molecule has 4 amide bonds. The number of hydrogen-bond donors (Lipinski definition) is 2. The van der Waals surface area contributed by atoms with Crippen LogP contribution in [-0.4, -0.2) is 25.2 Å². The number of unbranched alkanes of at least 4 members (excludes halogenated alkanes) is 20. The Morgan fingerprint density at radius 2 is 0.681 bits per heavy atom. The Balaban J connectivity index is 1.71. The molecule has 0 saturated heterocycles. The van der Waals surface area contributed by atoms with Gasteiger partial charge < -0.3 is 11.5 Å². The van der Waals surface area contributed by atoms with E-state index in [-0.39, 0.29) is 0 Å². The number of nitrogens with two attached hydrogens (primary N) is 2. The van der Waals surface area contributed by atoms with Crippen molar-refractivity contribution in [3.63, 3.8) is 0 Å². The molecule has 0 spiro atoms. The molecule has 2 aromatic rings. The molecule has 0 bridgehead atoms. The predicted octanol–water partition coefficient (Wildman–Crippen LogP) is 11.7. The van der Waals surface area contributed by atoms with Crippen molar-refractivity contribution in [2.75, 3.05) is 22.9 Å². The molecule has 4 N–H and O–H groups in total. The molecule has 0 aliphatic heterocycles. The van der Waals surface area contributed by atoms with Crippen LogP contribution in [0.25, 0.3) is 0 Å². The lowest BCUT2D eigenvalue weighted by Gasteiger charge is -2.21. The molecule has 0 unspecified atom stereocenters. The third-order valence-corrected chi connectivity index (χ3v) is 9.41. The number of nitrogens with zero attached hydrogens (tertiary/aromatic N) is 2. The van der Waals surface area contributed by atoms with Crippen molar-refractivity contribution < 1.29 is 9.59 Å². The molecule has 0 atom stereocenters. The Morgan fingerprint density at radius 1 is 0.426 bits per heavy atom. The Labute approximate surface area is 288 Å². The number of primary amides is 2. The summed E-state index contributed by atoms with van der Waals surface area (Å²) in [6, 6.07) is 15.5. The molecule has 47 heavy (non-hydrogen) atoms. The van der Waals surface area contributed by atoms with Gasteiger partial charge in [-0.1, -0.05) is 167 Å². The van der Waals surface area contributed by atoms with Crippen molar-refractivity contribution >= 4 is 23.4 Å². The smallest absolute Gasteiger partial charge is 0.319 e. The summed E-state index contributed by atoms with van der Waals surface area (Å²) in [6.07, 6.45) is 28.9. The molecular weight excluding hydrogens is 580 g/mol. The average molecular weight is 649 g/mol. The molecule has 0 heterocycles. The fourth-order valence-electron chi connectivity index (χ4n) is 6.42. The highest BCUT2D eigenvalue weighted by atomic mass is 16.2. The van der Waals surface area contributed by atoms with Gasteiger partial charge >= 0.3 is 12.1 Å². The molecule has 0 aliphatic carbocycles. The van der Waals surface area contributed by atoms with Crippen molar-refractivity contribution in [2.24, 2.45) is 11.5 Å². The quantitative estimate of drug-likeness (QED) is 0.0898. The average Bonchev–Trinajstić information content (AvgIpc) is 3.06. The molecule has 2 aromatic carbocycles. The lowest BCUT2D eigenvalue weighted by atomic mass is 10.0. The van der Waals surface area contributed by atoms with Gasteiger partial charge in [-0.2, -0.15) is 0 Å². The number of carbonyl (C=O) groups excluding carboxylic acids is 2. The van der Waals surface area contributed by atoms with Crippen LogP contribution in [0.15, 0.2) is 48.5 Å². The van der Waals surface area contributed by atoms with Crippen molar-refractivity contribution in [1.29, 1.82) is 0 Å². The predicted molar refractivity (Wildman–Crippen MR) is 202 cm³/mol. The Kier molecular flexibility index (Phi) is 22.2. The number of benzene rings is 2. The lowest BCUT2D eigenvalue weighted by Crippen LogP contribution is -2.36. The monoisotopic (exact) mass is 649 g/mol. The Hall–Kier alpha value is -3.02. The molecule has 264 valence electrons. The molecule has 2 rings (SSSR count). The maximum absolute atomic E-state index is 12.2. The third-order valence-electron chi connectivity index (χ3n) is 9.41. The van der Waals surface area contributed by atoms with Crippen molar-refractivity contribution in [3.05, 3.63) is 59.7 Å². The van der Waals surface area contributed by atoms with Gasteiger partial charge in [0.05, 0.1) is 0 Å². The second-order valence-corrected chi connectivity index (χ2v) is 13.6. The van der Waals surface area contributed by atoms with E-state index in [2.05, 4.69) is 38.1 Å². The molecule has 0 saturated carbocycles. The summed E-state index contributed by atoms with van der Waals surface area (Å²) in [4.78, 5) is 27.8. The van der Waals surface area contributed by atoms with Crippen LogP contribution < -0.4 is 21.3 Å². The van der Waals surface area contributed by atoms with E-state index >= 15 is 0 Å². The molecule has 0 aliphatic rings. The van der Waals surface area contributed by atoms with E-state index in [4.69, 9.17) is 11.5 Å². The van der Waals surface area contributed by atoms with Crippen LogP contribution in [0.2, 0.25) is 0 Å². The maximum Gasteiger partial charge on any atom is 0.319 e. The Bertz CT molecular complexity index is 984. The molecule has 6 nitrogen and oxygen atoms in total. The number of carbonyl (C=O) groups is 2. The maximum atomic E-state index is 12.2. The first-order valence-electron chi connectivity index (χ1n) is 19.3. The molecule has 0 radical (unpaired) electrons. The van der Waals surface area contributed by atoms with Gasteiger partial charge in [0.15, 0.2) is 0 Å². The van der Waals surface area contributed by atoms with Crippen LogP contribution in [0, 0.1) is 0 Å². The van der Waals surface area contributed by atoms with Gasteiger partial charge in [-0.15, -0.1) is 0 Å². The summed E-state index contributed by atoms with van der Waals surface area (Å²) < 4.78 is 0. The van der Waals surface area contributed by atoms with Gasteiger partial charge in [0.25, 0.3) is 0 Å². The fourth-order valence-corrected chi connectivity index (χ4v) is 6.42. The lowest BCUT2D eigenvalue weighted by molar-refractivity contribution is 0.253. The van der Waals surface area contributed by atoms with Gasteiger partial charge in [-0.3, -0.25) is 9.80 Å². The van der Waals surface area contributed by atoms with Crippen LogP contribution >= 0.6 is 0 Å². The summed E-state index contributed by atoms with van der Waals surface area (Å²) >= 11 is 0. The van der Waals surface area contributed by atoms with Crippen molar-refractivity contribution in [2.45, 2.75) is 162 Å². The molecule has 0 aromatic heterocycles. The first-order valence-corrected chi connectivity index (χ1v) is 19.3. The van der Waals surface area contributed by atoms with Gasteiger partial charge in [0, 0.05) is 24.5 Å². The van der Waals surface area contributed by atoms with E-state index in [0.717, 1.165) is 54.6 Å². The van der Waals surface area contributed by atoms with Crippen LogP contribution in [0.1, 0.15) is 166 Å². The van der Waals surface area contributed by atoms with E-state index < -0.39 is 12.1 Å². The van der Waals surface area contributed by atoms with Crippen molar-refractivity contribution in [1.82, 2.24) is 0 Å². The SMILES string of the molecule is CCCCCCCCCCCCCN(C(N)=O)c1ccc(Cc2ccc(N(CCCCCCCCCCCCC)C(N)=O)cc2)cc1. The minimum absolute atomic E-state index is 0.396. The zero-order chi connectivity index (χ0) is 34.0. The summed E-state index contributed by atoms with van der Waals surface area (Å²) in [7, 11) is 0. The third kappa shape index (κ3) is 18.2. The van der Waals surface area contributed by atoms with Crippen LogP contribution in [0.5, 0.6) is 0 Å². The van der Waals surface area contributed by atoms with Crippen LogP contribution in [0.3, 0.4) is 0 Å².